The molecule has 0 radical (unpaired) electrons. The first-order valence-electron chi connectivity index (χ1n) is 5.46. The maximum Gasteiger partial charge on any atom is 0.146 e. The van der Waals surface area contributed by atoms with Gasteiger partial charge in [0.15, 0.2) is 0 Å². The summed E-state index contributed by atoms with van der Waals surface area (Å²) in [6.45, 7) is 0. The molecule has 0 aromatic heterocycles. The zero-order valence-electron chi connectivity index (χ0n) is 9.83. The number of benzene rings is 2. The van der Waals surface area contributed by atoms with Crippen LogP contribution in [0.4, 0.5) is 15.8 Å². The highest BCUT2D eigenvalue weighted by Crippen LogP contribution is 2.32. The highest BCUT2D eigenvalue weighted by molar-refractivity contribution is 9.10. The van der Waals surface area contributed by atoms with E-state index in [9.17, 15) is 4.39 Å². The van der Waals surface area contributed by atoms with Crippen molar-refractivity contribution >= 4 is 43.2 Å². The Balaban J connectivity index is 2.48. The highest BCUT2D eigenvalue weighted by atomic mass is 79.9. The van der Waals surface area contributed by atoms with E-state index in [2.05, 4.69) is 31.9 Å². The minimum absolute atomic E-state index is 0.222. The lowest BCUT2D eigenvalue weighted by Gasteiger charge is -2.23. The van der Waals surface area contributed by atoms with Crippen LogP contribution in [0.1, 0.15) is 5.56 Å². The summed E-state index contributed by atoms with van der Waals surface area (Å²) in [5.74, 6) is -0.222. The third kappa shape index (κ3) is 2.75. The van der Waals surface area contributed by atoms with E-state index in [1.165, 1.54) is 6.07 Å². The van der Waals surface area contributed by atoms with Crippen molar-refractivity contribution in [1.29, 1.82) is 0 Å². The number of alkyl halides is 1. The average molecular weight is 373 g/mol. The Labute approximate surface area is 123 Å². The fourth-order valence-electron chi connectivity index (χ4n) is 1.82. The van der Waals surface area contributed by atoms with Crippen molar-refractivity contribution < 1.29 is 4.39 Å². The Hall–Kier alpha value is -0.870. The maximum atomic E-state index is 13.8. The lowest BCUT2D eigenvalue weighted by Crippen LogP contribution is -2.13. The zero-order chi connectivity index (χ0) is 13.1. The first-order chi connectivity index (χ1) is 8.63. The molecule has 2 rings (SSSR count). The van der Waals surface area contributed by atoms with Gasteiger partial charge in [-0.25, -0.2) is 4.39 Å². The van der Waals surface area contributed by atoms with Crippen LogP contribution in [0.5, 0.6) is 0 Å². The average Bonchev–Trinajstić information content (AvgIpc) is 2.38. The summed E-state index contributed by atoms with van der Waals surface area (Å²) in [4.78, 5) is 1.86. The van der Waals surface area contributed by atoms with Crippen LogP contribution < -0.4 is 4.90 Å². The Morgan fingerprint density at radius 3 is 2.50 bits per heavy atom. The van der Waals surface area contributed by atoms with Gasteiger partial charge in [0, 0.05) is 22.5 Å². The highest BCUT2D eigenvalue weighted by Gasteiger charge is 2.12. The van der Waals surface area contributed by atoms with Gasteiger partial charge in [0.1, 0.15) is 5.82 Å². The van der Waals surface area contributed by atoms with Gasteiger partial charge in [-0.1, -0.05) is 50.1 Å². The Kier molecular flexibility index (Phi) is 4.40. The monoisotopic (exact) mass is 371 g/mol. The summed E-state index contributed by atoms with van der Waals surface area (Å²) >= 11 is 6.91. The van der Waals surface area contributed by atoms with Gasteiger partial charge in [-0.2, -0.15) is 0 Å². The quantitative estimate of drug-likeness (QED) is 0.665. The van der Waals surface area contributed by atoms with E-state index in [0.717, 1.165) is 21.1 Å². The fourth-order valence-corrected chi connectivity index (χ4v) is 2.64. The first kappa shape index (κ1) is 13.6. The third-order valence-electron chi connectivity index (χ3n) is 2.77. The second kappa shape index (κ2) is 5.85. The minimum atomic E-state index is -0.222. The van der Waals surface area contributed by atoms with Gasteiger partial charge in [-0.3, -0.25) is 0 Å². The van der Waals surface area contributed by atoms with Gasteiger partial charge in [0.25, 0.3) is 0 Å². The van der Waals surface area contributed by atoms with Crippen LogP contribution in [-0.4, -0.2) is 7.05 Å². The number of hydrogen-bond donors (Lipinski definition) is 0. The first-order valence-corrected chi connectivity index (χ1v) is 7.37. The van der Waals surface area contributed by atoms with Crippen molar-refractivity contribution in [3.63, 3.8) is 0 Å². The molecular formula is C14H12Br2FN. The molecular weight excluding hydrogens is 361 g/mol. The van der Waals surface area contributed by atoms with E-state index >= 15 is 0 Å². The lowest BCUT2D eigenvalue weighted by molar-refractivity contribution is 0.627. The van der Waals surface area contributed by atoms with E-state index in [-0.39, 0.29) is 5.82 Å². The summed E-state index contributed by atoms with van der Waals surface area (Å²) in [7, 11) is 1.87. The smallest absolute Gasteiger partial charge is 0.146 e. The third-order valence-corrected chi connectivity index (χ3v) is 3.86. The second-order valence-electron chi connectivity index (χ2n) is 3.92. The van der Waals surface area contributed by atoms with Crippen LogP contribution in [0.2, 0.25) is 0 Å². The molecule has 2 aromatic carbocycles. The standard InChI is InChI=1S/C14H12Br2FN/c1-18(13-5-3-2-4-12(13)17)14-8-11(16)7-6-10(14)9-15/h2-8H,9H2,1H3. The van der Waals surface area contributed by atoms with Gasteiger partial charge < -0.3 is 4.90 Å². The summed E-state index contributed by atoms with van der Waals surface area (Å²) in [5, 5.41) is 0.731. The molecule has 0 saturated heterocycles. The summed E-state index contributed by atoms with van der Waals surface area (Å²) in [6.07, 6.45) is 0. The summed E-state index contributed by atoms with van der Waals surface area (Å²) < 4.78 is 14.8. The minimum Gasteiger partial charge on any atom is -0.342 e. The molecule has 0 unspecified atom stereocenters. The van der Waals surface area contributed by atoms with Crippen molar-refractivity contribution in [3.05, 3.63) is 58.3 Å². The van der Waals surface area contributed by atoms with Gasteiger partial charge in [-0.05, 0) is 29.8 Å². The predicted molar refractivity (Wildman–Crippen MR) is 81.2 cm³/mol. The number of rotatable bonds is 3. The molecule has 18 heavy (non-hydrogen) atoms. The predicted octanol–water partition coefficient (Wildman–Crippen LogP) is 5.25. The van der Waals surface area contributed by atoms with Gasteiger partial charge >= 0.3 is 0 Å². The van der Waals surface area contributed by atoms with Crippen molar-refractivity contribution in [2.24, 2.45) is 0 Å². The lowest BCUT2D eigenvalue weighted by atomic mass is 10.1. The molecule has 0 spiro atoms. The van der Waals surface area contributed by atoms with Gasteiger partial charge in [0.2, 0.25) is 0 Å². The van der Waals surface area contributed by atoms with Gasteiger partial charge in [0.05, 0.1) is 5.69 Å². The van der Waals surface area contributed by atoms with E-state index in [0.29, 0.717) is 5.69 Å². The zero-order valence-corrected chi connectivity index (χ0v) is 13.0. The van der Waals surface area contributed by atoms with Crippen LogP contribution in [0.3, 0.4) is 0 Å². The van der Waals surface area contributed by atoms with Crippen LogP contribution in [0, 0.1) is 5.82 Å². The maximum absolute atomic E-state index is 13.8. The topological polar surface area (TPSA) is 3.24 Å². The molecule has 0 saturated carbocycles. The number of para-hydroxylation sites is 1. The van der Waals surface area contributed by atoms with Crippen LogP contribution in [0.25, 0.3) is 0 Å². The van der Waals surface area contributed by atoms with E-state index in [1.807, 2.05) is 36.2 Å². The number of halogens is 3. The molecule has 94 valence electrons. The summed E-state index contributed by atoms with van der Waals surface area (Å²) in [6, 6.07) is 12.8. The molecule has 4 heteroatoms. The molecule has 0 aliphatic carbocycles. The van der Waals surface area contributed by atoms with Gasteiger partial charge in [-0.15, -0.1) is 0 Å². The van der Waals surface area contributed by atoms with Crippen LogP contribution in [0.15, 0.2) is 46.9 Å². The van der Waals surface area contributed by atoms with Crippen LogP contribution in [-0.2, 0) is 5.33 Å². The molecule has 1 nitrogen and oxygen atoms in total. The Bertz CT molecular complexity index is 557. The molecule has 2 aromatic rings. The Morgan fingerprint density at radius 2 is 1.83 bits per heavy atom. The second-order valence-corrected chi connectivity index (χ2v) is 5.39. The molecule has 0 atom stereocenters. The Morgan fingerprint density at radius 1 is 1.11 bits per heavy atom. The molecule has 0 bridgehead atoms. The van der Waals surface area contributed by atoms with E-state index in [1.54, 1.807) is 12.1 Å². The molecule has 0 N–H and O–H groups in total. The molecule has 0 fully saturated rings. The number of nitrogens with zero attached hydrogens (tertiary/aromatic N) is 1. The number of hydrogen-bond acceptors (Lipinski definition) is 1. The van der Waals surface area contributed by atoms with Crippen LogP contribution >= 0.6 is 31.9 Å². The van der Waals surface area contributed by atoms with E-state index < -0.39 is 0 Å². The van der Waals surface area contributed by atoms with E-state index in [4.69, 9.17) is 0 Å². The van der Waals surface area contributed by atoms with Crippen molar-refractivity contribution in [1.82, 2.24) is 0 Å². The molecule has 0 heterocycles. The van der Waals surface area contributed by atoms with Crippen molar-refractivity contribution in [3.8, 4) is 0 Å². The molecule has 0 aliphatic heterocycles. The largest absolute Gasteiger partial charge is 0.342 e. The molecule has 0 aliphatic rings. The summed E-state index contributed by atoms with van der Waals surface area (Å²) in [5.41, 5.74) is 2.66. The normalized spacial score (nSPS) is 10.4. The fraction of sp³-hybridized carbons (Fsp3) is 0.143. The SMILES string of the molecule is CN(c1ccccc1F)c1cc(Br)ccc1CBr. The molecule has 0 amide bonds. The van der Waals surface area contributed by atoms with Crippen molar-refractivity contribution in [2.45, 2.75) is 5.33 Å². The number of anilines is 2. The van der Waals surface area contributed by atoms with Crippen molar-refractivity contribution in [2.75, 3.05) is 11.9 Å².